The van der Waals surface area contributed by atoms with Gasteiger partial charge in [-0.05, 0) is 39.0 Å². The smallest absolute Gasteiger partial charge is 0.275 e. The Hall–Kier alpha value is -0.860. The lowest BCUT2D eigenvalue weighted by Crippen LogP contribution is -3.13. The molecule has 1 saturated heterocycles. The molecular weight excluding hydrogens is 397 g/mol. The van der Waals surface area contributed by atoms with Gasteiger partial charge in [-0.1, -0.05) is 23.2 Å². The molecule has 1 aliphatic heterocycles. The summed E-state index contributed by atoms with van der Waals surface area (Å²) in [7, 11) is -3.66. The third-order valence-corrected chi connectivity index (χ3v) is 6.36. The molecule has 1 heterocycles. The first-order valence-electron chi connectivity index (χ1n) is 8.58. The van der Waals surface area contributed by atoms with E-state index in [0.29, 0.717) is 32.6 Å². The van der Waals surface area contributed by atoms with Gasteiger partial charge in [0.2, 0.25) is 10.0 Å². The molecule has 0 bridgehead atoms. The fourth-order valence-corrected chi connectivity index (χ4v) is 5.16. The van der Waals surface area contributed by atoms with Gasteiger partial charge in [0, 0.05) is 28.5 Å². The Kier molecular flexibility index (Phi) is 6.96. The van der Waals surface area contributed by atoms with E-state index in [9.17, 15) is 13.2 Å². The van der Waals surface area contributed by atoms with Crippen molar-refractivity contribution in [1.29, 1.82) is 0 Å². The van der Waals surface area contributed by atoms with Gasteiger partial charge in [0.15, 0.2) is 6.54 Å². The fourth-order valence-electron chi connectivity index (χ4n) is 2.96. The quantitative estimate of drug-likeness (QED) is 0.765. The van der Waals surface area contributed by atoms with Gasteiger partial charge in [0.1, 0.15) is 0 Å². The van der Waals surface area contributed by atoms with Gasteiger partial charge >= 0.3 is 0 Å². The highest BCUT2D eigenvalue weighted by molar-refractivity contribution is 7.89. The molecule has 26 heavy (non-hydrogen) atoms. The Bertz CT molecular complexity index is 743. The molecule has 0 saturated carbocycles. The van der Waals surface area contributed by atoms with Crippen LogP contribution in [0.5, 0.6) is 0 Å². The first-order valence-corrected chi connectivity index (χ1v) is 10.8. The number of quaternary nitrogens is 1. The Morgan fingerprint density at radius 2 is 1.77 bits per heavy atom. The molecule has 0 radical (unpaired) electrons. The lowest BCUT2D eigenvalue weighted by atomic mass is 10.1. The van der Waals surface area contributed by atoms with Crippen molar-refractivity contribution >= 4 is 39.1 Å². The molecule has 0 aromatic heterocycles. The van der Waals surface area contributed by atoms with E-state index in [1.54, 1.807) is 0 Å². The van der Waals surface area contributed by atoms with Crippen LogP contribution in [0.1, 0.15) is 27.2 Å². The van der Waals surface area contributed by atoms with Crippen LogP contribution in [-0.4, -0.2) is 56.9 Å². The molecule has 1 aliphatic rings. The monoisotopic (exact) mass is 422 g/mol. The molecule has 2 rings (SSSR count). The number of amides is 1. The number of sulfonamides is 1. The van der Waals surface area contributed by atoms with Crippen LogP contribution < -0.4 is 10.2 Å². The van der Waals surface area contributed by atoms with Gasteiger partial charge < -0.3 is 10.2 Å². The van der Waals surface area contributed by atoms with Gasteiger partial charge in [0.25, 0.3) is 5.91 Å². The molecule has 146 valence electrons. The number of nitrogens with one attached hydrogen (secondary N) is 2. The second kappa shape index (κ2) is 8.44. The summed E-state index contributed by atoms with van der Waals surface area (Å²) in [6.07, 6.45) is 0.686. The normalized spacial score (nSPS) is 19.8. The highest BCUT2D eigenvalue weighted by Gasteiger charge is 2.30. The number of nitrogens with zero attached hydrogens (tertiary/aromatic N) is 1. The number of benzene rings is 1. The van der Waals surface area contributed by atoms with E-state index >= 15 is 0 Å². The van der Waals surface area contributed by atoms with Gasteiger partial charge in [-0.15, -0.1) is 0 Å². The summed E-state index contributed by atoms with van der Waals surface area (Å²) in [5, 5.41) is 3.52. The first-order chi connectivity index (χ1) is 12.0. The van der Waals surface area contributed by atoms with E-state index in [4.69, 9.17) is 23.2 Å². The maximum Gasteiger partial charge on any atom is 0.275 e. The molecule has 1 fully saturated rings. The largest absolute Gasteiger partial charge is 0.347 e. The Labute approximate surface area is 165 Å². The molecule has 1 aromatic carbocycles. The summed E-state index contributed by atoms with van der Waals surface area (Å²) in [5.41, 5.74) is -0.274. The average Bonchev–Trinajstić information content (AvgIpc) is 2.70. The van der Waals surface area contributed by atoms with Crippen molar-refractivity contribution in [3.05, 3.63) is 28.2 Å². The number of carbonyl (C=O) groups excluding carboxylic acids is 1. The highest BCUT2D eigenvalue weighted by atomic mass is 35.5. The van der Waals surface area contributed by atoms with E-state index < -0.39 is 10.0 Å². The molecule has 6 nitrogen and oxygen atoms in total. The van der Waals surface area contributed by atoms with Crippen molar-refractivity contribution in [3.63, 3.8) is 0 Å². The Morgan fingerprint density at radius 1 is 1.15 bits per heavy atom. The minimum atomic E-state index is -3.66. The number of hydrogen-bond acceptors (Lipinski definition) is 3. The minimum Gasteiger partial charge on any atom is -0.347 e. The maximum absolute atomic E-state index is 12.9. The zero-order valence-electron chi connectivity index (χ0n) is 15.3. The van der Waals surface area contributed by atoms with Crippen LogP contribution in [0.2, 0.25) is 10.0 Å². The van der Waals surface area contributed by atoms with Crippen molar-refractivity contribution in [3.8, 4) is 0 Å². The zero-order valence-corrected chi connectivity index (χ0v) is 17.6. The standard InChI is InChI=1S/C17H25Cl2N3O3S/c1-17(2,3)20-16(23)12-21-5-4-6-22(8-7-21)26(24,25)15-10-13(18)9-14(19)11-15/h9-11H,4-8,12H2,1-3H3,(H,20,23)/p+1. The molecular formula is C17H26Cl2N3O3S+. The predicted molar refractivity (Wildman–Crippen MR) is 103 cm³/mol. The molecule has 1 amide bonds. The van der Waals surface area contributed by atoms with E-state index in [2.05, 4.69) is 5.32 Å². The van der Waals surface area contributed by atoms with Crippen molar-refractivity contribution < 1.29 is 18.1 Å². The molecule has 1 unspecified atom stereocenters. The third-order valence-electron chi connectivity index (χ3n) is 4.05. The minimum absolute atomic E-state index is 0.0227. The van der Waals surface area contributed by atoms with Crippen molar-refractivity contribution in [2.45, 2.75) is 37.6 Å². The molecule has 0 aliphatic carbocycles. The SMILES string of the molecule is CC(C)(C)NC(=O)C[NH+]1CCCN(S(=O)(=O)c2cc(Cl)cc(Cl)c2)CC1. The first kappa shape index (κ1) is 21.4. The summed E-state index contributed by atoms with van der Waals surface area (Å²) in [6, 6.07) is 4.33. The molecule has 9 heteroatoms. The number of hydrogen-bond donors (Lipinski definition) is 2. The van der Waals surface area contributed by atoms with Crippen molar-refractivity contribution in [2.75, 3.05) is 32.7 Å². The summed E-state index contributed by atoms with van der Waals surface area (Å²) in [6.45, 7) is 8.24. The van der Waals surface area contributed by atoms with Crippen molar-refractivity contribution in [1.82, 2.24) is 9.62 Å². The van der Waals surface area contributed by atoms with E-state index in [-0.39, 0.29) is 26.4 Å². The van der Waals surface area contributed by atoms with Crippen LogP contribution in [0, 0.1) is 0 Å². The van der Waals surface area contributed by atoms with Crippen LogP contribution >= 0.6 is 23.2 Å². The molecule has 2 N–H and O–H groups in total. The Balaban J connectivity index is 2.04. The maximum atomic E-state index is 12.9. The Morgan fingerprint density at radius 3 is 2.35 bits per heavy atom. The van der Waals surface area contributed by atoms with Crippen LogP contribution in [0.15, 0.2) is 23.1 Å². The lowest BCUT2D eigenvalue weighted by Gasteiger charge is -2.23. The summed E-state index contributed by atoms with van der Waals surface area (Å²) >= 11 is 11.9. The van der Waals surface area contributed by atoms with Gasteiger partial charge in [-0.3, -0.25) is 4.79 Å². The van der Waals surface area contributed by atoms with E-state index in [0.717, 1.165) is 11.4 Å². The summed E-state index contributed by atoms with van der Waals surface area (Å²) < 4.78 is 27.2. The predicted octanol–water partition coefficient (Wildman–Crippen LogP) is 1.19. The van der Waals surface area contributed by atoms with Gasteiger partial charge in [-0.2, -0.15) is 4.31 Å². The number of carbonyl (C=O) groups is 1. The highest BCUT2D eigenvalue weighted by Crippen LogP contribution is 2.24. The molecule has 1 aromatic rings. The average molecular weight is 423 g/mol. The fraction of sp³-hybridized carbons (Fsp3) is 0.588. The second-order valence-electron chi connectivity index (χ2n) is 7.59. The van der Waals surface area contributed by atoms with Crippen LogP contribution in [0.4, 0.5) is 0 Å². The summed E-state index contributed by atoms with van der Waals surface area (Å²) in [5.74, 6) is -0.0227. The number of rotatable bonds is 4. The second-order valence-corrected chi connectivity index (χ2v) is 10.4. The van der Waals surface area contributed by atoms with Gasteiger partial charge in [-0.25, -0.2) is 8.42 Å². The molecule has 1 atom stereocenters. The summed E-state index contributed by atoms with van der Waals surface area (Å²) in [4.78, 5) is 13.3. The van der Waals surface area contributed by atoms with Gasteiger partial charge in [0.05, 0.1) is 24.5 Å². The zero-order chi connectivity index (χ0) is 19.5. The third kappa shape index (κ3) is 6.09. The number of halogens is 2. The van der Waals surface area contributed by atoms with E-state index in [1.807, 2.05) is 20.8 Å². The molecule has 0 spiro atoms. The van der Waals surface area contributed by atoms with E-state index in [1.165, 1.54) is 22.5 Å². The topological polar surface area (TPSA) is 70.9 Å². The van der Waals surface area contributed by atoms with Crippen molar-refractivity contribution in [2.24, 2.45) is 0 Å². The van der Waals surface area contributed by atoms with Crippen LogP contribution in [-0.2, 0) is 14.8 Å². The van der Waals surface area contributed by atoms with Crippen LogP contribution in [0.25, 0.3) is 0 Å². The lowest BCUT2D eigenvalue weighted by molar-refractivity contribution is -0.889. The van der Waals surface area contributed by atoms with Crippen LogP contribution in [0.3, 0.4) is 0 Å².